The first-order valence-corrected chi connectivity index (χ1v) is 7.59. The number of benzene rings is 2. The van der Waals surface area contributed by atoms with Crippen LogP contribution in [0.2, 0.25) is 5.02 Å². The molecule has 0 saturated heterocycles. The minimum atomic E-state index is -0.522. The highest BCUT2D eigenvalue weighted by atomic mass is 35.5. The van der Waals surface area contributed by atoms with Gasteiger partial charge in [-0.15, -0.1) is 0 Å². The van der Waals surface area contributed by atoms with E-state index in [2.05, 4.69) is 10.5 Å². The molecule has 0 radical (unpaired) electrons. The van der Waals surface area contributed by atoms with Crippen LogP contribution in [0, 0.1) is 5.82 Å². The molecule has 1 amide bonds. The van der Waals surface area contributed by atoms with Gasteiger partial charge in [0.25, 0.3) is 5.91 Å². The number of rotatable bonds is 7. The number of nitrogens with one attached hydrogen (secondary N) is 1. The topological polar surface area (TPSA) is 59.9 Å². The summed E-state index contributed by atoms with van der Waals surface area (Å²) in [6.45, 7) is 2.24. The van der Waals surface area contributed by atoms with Crippen LogP contribution in [0.4, 0.5) is 4.39 Å². The standard InChI is InChI=1S/C17H16ClFN2O3/c1-2-23-12-6-8-13(9-7-12)24-11-17(22)21-20-10-14-15(18)4-3-5-16(14)19/h3-10H,2,11H2,1H3,(H,21,22)/b20-10+. The molecule has 0 unspecified atom stereocenters. The smallest absolute Gasteiger partial charge is 0.277 e. The number of carbonyl (C=O) groups excluding carboxylic acids is 1. The minimum Gasteiger partial charge on any atom is -0.494 e. The molecule has 0 atom stereocenters. The average Bonchev–Trinajstić information content (AvgIpc) is 2.57. The molecule has 0 spiro atoms. The van der Waals surface area contributed by atoms with Gasteiger partial charge in [0.1, 0.15) is 17.3 Å². The van der Waals surface area contributed by atoms with E-state index in [9.17, 15) is 9.18 Å². The Morgan fingerprint density at radius 3 is 2.50 bits per heavy atom. The van der Waals surface area contributed by atoms with Crippen LogP contribution in [-0.4, -0.2) is 25.3 Å². The molecule has 0 fully saturated rings. The zero-order valence-electron chi connectivity index (χ0n) is 13.0. The van der Waals surface area contributed by atoms with Crippen molar-refractivity contribution in [2.45, 2.75) is 6.92 Å². The zero-order valence-corrected chi connectivity index (χ0v) is 13.7. The summed E-state index contributed by atoms with van der Waals surface area (Å²) >= 11 is 5.84. The summed E-state index contributed by atoms with van der Waals surface area (Å²) in [5.74, 6) is 0.245. The molecule has 0 aromatic heterocycles. The predicted octanol–water partition coefficient (Wildman–Crippen LogP) is 3.41. The third-order valence-electron chi connectivity index (χ3n) is 2.89. The third kappa shape index (κ3) is 5.24. The van der Waals surface area contributed by atoms with Crippen LogP contribution in [0.3, 0.4) is 0 Å². The Morgan fingerprint density at radius 1 is 1.21 bits per heavy atom. The van der Waals surface area contributed by atoms with E-state index in [1.807, 2.05) is 6.92 Å². The van der Waals surface area contributed by atoms with Gasteiger partial charge in [-0.2, -0.15) is 5.10 Å². The molecule has 7 heteroatoms. The second kappa shape index (κ2) is 8.88. The maximum Gasteiger partial charge on any atom is 0.277 e. The first kappa shape index (κ1) is 17.7. The largest absolute Gasteiger partial charge is 0.494 e. The summed E-state index contributed by atoms with van der Waals surface area (Å²) < 4.78 is 24.1. The number of hydrazone groups is 1. The molecule has 0 bridgehead atoms. The minimum absolute atomic E-state index is 0.104. The fraction of sp³-hybridized carbons (Fsp3) is 0.176. The first-order chi connectivity index (χ1) is 11.6. The van der Waals surface area contributed by atoms with Crippen molar-refractivity contribution in [3.8, 4) is 11.5 Å². The molecule has 0 saturated carbocycles. The number of halogens is 2. The van der Waals surface area contributed by atoms with Crippen molar-refractivity contribution < 1.29 is 18.7 Å². The van der Waals surface area contributed by atoms with Crippen LogP contribution >= 0.6 is 11.6 Å². The van der Waals surface area contributed by atoms with Crippen LogP contribution < -0.4 is 14.9 Å². The van der Waals surface area contributed by atoms with E-state index < -0.39 is 11.7 Å². The molecular weight excluding hydrogens is 335 g/mol. The van der Waals surface area contributed by atoms with Gasteiger partial charge < -0.3 is 9.47 Å². The van der Waals surface area contributed by atoms with E-state index in [-0.39, 0.29) is 17.2 Å². The Morgan fingerprint density at radius 2 is 1.88 bits per heavy atom. The van der Waals surface area contributed by atoms with Crippen LogP contribution in [0.25, 0.3) is 0 Å². The average molecular weight is 351 g/mol. The van der Waals surface area contributed by atoms with E-state index in [1.54, 1.807) is 24.3 Å². The first-order valence-electron chi connectivity index (χ1n) is 7.21. The number of hydrogen-bond acceptors (Lipinski definition) is 4. The van der Waals surface area contributed by atoms with Crippen LogP contribution in [0.5, 0.6) is 11.5 Å². The normalized spacial score (nSPS) is 10.6. The van der Waals surface area contributed by atoms with E-state index in [4.69, 9.17) is 21.1 Å². The number of ether oxygens (including phenoxy) is 2. The molecule has 24 heavy (non-hydrogen) atoms. The Hall–Kier alpha value is -2.60. The lowest BCUT2D eigenvalue weighted by atomic mass is 10.2. The van der Waals surface area contributed by atoms with Gasteiger partial charge in [0, 0.05) is 5.56 Å². The van der Waals surface area contributed by atoms with E-state index in [0.717, 1.165) is 12.0 Å². The van der Waals surface area contributed by atoms with Crippen LogP contribution in [0.1, 0.15) is 12.5 Å². The van der Waals surface area contributed by atoms with Crippen molar-refractivity contribution in [2.75, 3.05) is 13.2 Å². The number of carbonyl (C=O) groups is 1. The second-order valence-corrected chi connectivity index (χ2v) is 5.03. The highest BCUT2D eigenvalue weighted by Gasteiger charge is 2.05. The molecule has 0 heterocycles. The van der Waals surface area contributed by atoms with Gasteiger partial charge in [0.15, 0.2) is 6.61 Å². The monoisotopic (exact) mass is 350 g/mol. The summed E-state index contributed by atoms with van der Waals surface area (Å²) in [5.41, 5.74) is 2.35. The van der Waals surface area contributed by atoms with E-state index in [1.165, 1.54) is 18.2 Å². The zero-order chi connectivity index (χ0) is 17.4. The Labute approximate surface area is 144 Å². The van der Waals surface area contributed by atoms with Gasteiger partial charge in [-0.1, -0.05) is 17.7 Å². The lowest BCUT2D eigenvalue weighted by molar-refractivity contribution is -0.123. The summed E-state index contributed by atoms with van der Waals surface area (Å²) in [5, 5.41) is 3.87. The lowest BCUT2D eigenvalue weighted by Crippen LogP contribution is -2.24. The number of amides is 1. The molecule has 2 rings (SSSR count). The molecular formula is C17H16ClFN2O3. The van der Waals surface area contributed by atoms with Crippen molar-refractivity contribution >= 4 is 23.7 Å². The second-order valence-electron chi connectivity index (χ2n) is 4.62. The number of nitrogens with zero attached hydrogens (tertiary/aromatic N) is 1. The van der Waals surface area contributed by atoms with Crippen molar-refractivity contribution in [3.63, 3.8) is 0 Å². The summed E-state index contributed by atoms with van der Waals surface area (Å²) in [6, 6.07) is 11.1. The van der Waals surface area contributed by atoms with Crippen molar-refractivity contribution in [2.24, 2.45) is 5.10 Å². The predicted molar refractivity (Wildman–Crippen MR) is 90.3 cm³/mol. The highest BCUT2D eigenvalue weighted by molar-refractivity contribution is 6.33. The van der Waals surface area contributed by atoms with Gasteiger partial charge in [0.2, 0.25) is 0 Å². The van der Waals surface area contributed by atoms with Crippen molar-refractivity contribution in [3.05, 3.63) is 58.9 Å². The van der Waals surface area contributed by atoms with Crippen LogP contribution in [-0.2, 0) is 4.79 Å². The van der Waals surface area contributed by atoms with Gasteiger partial charge in [-0.25, -0.2) is 9.82 Å². The van der Waals surface area contributed by atoms with E-state index >= 15 is 0 Å². The molecule has 2 aromatic rings. The van der Waals surface area contributed by atoms with E-state index in [0.29, 0.717) is 12.4 Å². The van der Waals surface area contributed by atoms with Gasteiger partial charge in [-0.3, -0.25) is 4.79 Å². The molecule has 1 N–H and O–H groups in total. The molecule has 5 nitrogen and oxygen atoms in total. The third-order valence-corrected chi connectivity index (χ3v) is 3.22. The highest BCUT2D eigenvalue weighted by Crippen LogP contribution is 2.17. The van der Waals surface area contributed by atoms with Gasteiger partial charge in [-0.05, 0) is 43.3 Å². The fourth-order valence-electron chi connectivity index (χ4n) is 1.78. The molecule has 0 aliphatic heterocycles. The Balaban J connectivity index is 1.82. The molecule has 2 aromatic carbocycles. The maximum absolute atomic E-state index is 13.5. The SMILES string of the molecule is CCOc1ccc(OCC(=O)N/N=C/c2c(F)cccc2Cl)cc1. The Kier molecular flexibility index (Phi) is 6.57. The van der Waals surface area contributed by atoms with Crippen molar-refractivity contribution in [1.82, 2.24) is 5.43 Å². The van der Waals surface area contributed by atoms with Crippen molar-refractivity contribution in [1.29, 1.82) is 0 Å². The quantitative estimate of drug-likeness (QED) is 0.615. The maximum atomic E-state index is 13.5. The summed E-state index contributed by atoms with van der Waals surface area (Å²) in [6.07, 6.45) is 1.15. The molecule has 126 valence electrons. The summed E-state index contributed by atoms with van der Waals surface area (Å²) in [4.78, 5) is 11.6. The van der Waals surface area contributed by atoms with Gasteiger partial charge >= 0.3 is 0 Å². The van der Waals surface area contributed by atoms with Crippen LogP contribution in [0.15, 0.2) is 47.6 Å². The fourth-order valence-corrected chi connectivity index (χ4v) is 1.99. The lowest BCUT2D eigenvalue weighted by Gasteiger charge is -2.07. The Bertz CT molecular complexity index is 700. The summed E-state index contributed by atoms with van der Waals surface area (Å²) in [7, 11) is 0. The van der Waals surface area contributed by atoms with Gasteiger partial charge in [0.05, 0.1) is 17.8 Å². The molecule has 0 aliphatic rings. The molecule has 0 aliphatic carbocycles. The number of hydrogen-bond donors (Lipinski definition) is 1.